The van der Waals surface area contributed by atoms with Gasteiger partial charge in [0.15, 0.2) is 11.4 Å². The molecule has 0 spiro atoms. The van der Waals surface area contributed by atoms with Crippen LogP contribution in [0, 0.1) is 17.7 Å². The van der Waals surface area contributed by atoms with Gasteiger partial charge in [-0.1, -0.05) is 29.7 Å². The number of benzene rings is 1. The van der Waals surface area contributed by atoms with Crippen molar-refractivity contribution >= 4 is 23.2 Å². The Bertz CT molecular complexity index is 472. The van der Waals surface area contributed by atoms with E-state index in [9.17, 15) is 14.0 Å². The number of rotatable bonds is 2. The topological polar surface area (TPSA) is 34.1 Å². The molecule has 0 heterocycles. The summed E-state index contributed by atoms with van der Waals surface area (Å²) in [5.74, 6) is 4.95. The van der Waals surface area contributed by atoms with E-state index in [1.54, 1.807) is 6.07 Å². The fourth-order valence-electron chi connectivity index (χ4n) is 1.01. The van der Waals surface area contributed by atoms with Gasteiger partial charge < -0.3 is 0 Å². The van der Waals surface area contributed by atoms with Crippen molar-refractivity contribution in [3.8, 4) is 11.8 Å². The third-order valence-corrected chi connectivity index (χ3v) is 2.42. The zero-order valence-corrected chi connectivity index (χ0v) is 9.44. The molecule has 4 heteroatoms. The second-order valence-electron chi connectivity index (χ2n) is 2.91. The Kier molecular flexibility index (Phi) is 4.74. The summed E-state index contributed by atoms with van der Waals surface area (Å²) in [5, 5.41) is -0.0311. The number of thioether (sulfide) groups is 1. The smallest absolute Gasteiger partial charge is 0.186 e. The summed E-state index contributed by atoms with van der Waals surface area (Å²) in [6, 6.07) is 4.44. The van der Waals surface area contributed by atoms with E-state index in [1.807, 2.05) is 0 Å². The number of aldehydes is 1. The maximum Gasteiger partial charge on any atom is 0.186 e. The lowest BCUT2D eigenvalue weighted by Crippen LogP contribution is -1.91. The Morgan fingerprint density at radius 3 is 2.94 bits per heavy atom. The number of hydrogen-bond acceptors (Lipinski definition) is 3. The van der Waals surface area contributed by atoms with Crippen molar-refractivity contribution in [2.75, 3.05) is 5.75 Å². The van der Waals surface area contributed by atoms with Crippen molar-refractivity contribution in [2.24, 2.45) is 0 Å². The molecule has 0 saturated heterocycles. The number of hydrogen-bond donors (Lipinski definition) is 0. The van der Waals surface area contributed by atoms with Crippen LogP contribution < -0.4 is 0 Å². The van der Waals surface area contributed by atoms with Crippen LogP contribution >= 0.6 is 11.8 Å². The lowest BCUT2D eigenvalue weighted by molar-refractivity contribution is -0.109. The van der Waals surface area contributed by atoms with Crippen molar-refractivity contribution in [3.05, 3.63) is 35.1 Å². The molecule has 16 heavy (non-hydrogen) atoms. The predicted octanol–water partition coefficient (Wildman–Crippen LogP) is 2.27. The largest absolute Gasteiger partial charge is 0.298 e. The monoisotopic (exact) mass is 236 g/mol. The summed E-state index contributed by atoms with van der Waals surface area (Å²) in [4.78, 5) is 21.1. The van der Waals surface area contributed by atoms with Crippen molar-refractivity contribution in [1.29, 1.82) is 0 Å². The first-order chi connectivity index (χ1) is 7.65. The highest BCUT2D eigenvalue weighted by Gasteiger charge is 2.04. The lowest BCUT2D eigenvalue weighted by Gasteiger charge is -1.96. The van der Waals surface area contributed by atoms with Crippen LogP contribution in [0.25, 0.3) is 0 Å². The first-order valence-electron chi connectivity index (χ1n) is 4.51. The van der Waals surface area contributed by atoms with Gasteiger partial charge in [-0.2, -0.15) is 0 Å². The summed E-state index contributed by atoms with van der Waals surface area (Å²) < 4.78 is 13.5. The Morgan fingerprint density at radius 1 is 1.56 bits per heavy atom. The molecule has 0 aliphatic heterocycles. The maximum atomic E-state index is 13.5. The van der Waals surface area contributed by atoms with Gasteiger partial charge in [-0.3, -0.25) is 9.59 Å². The highest BCUT2D eigenvalue weighted by atomic mass is 32.2. The van der Waals surface area contributed by atoms with Gasteiger partial charge in [0.25, 0.3) is 0 Å². The fourth-order valence-corrected chi connectivity index (χ4v) is 1.35. The zero-order valence-electron chi connectivity index (χ0n) is 8.62. The highest BCUT2D eigenvalue weighted by molar-refractivity contribution is 8.13. The van der Waals surface area contributed by atoms with Gasteiger partial charge in [0.05, 0.1) is 16.9 Å². The Labute approximate surface area is 97.2 Å². The van der Waals surface area contributed by atoms with Crippen LogP contribution in [0.1, 0.15) is 22.8 Å². The molecule has 0 unspecified atom stereocenters. The normalized spacial score (nSPS) is 9.12. The first kappa shape index (κ1) is 12.5. The minimum absolute atomic E-state index is 0.00831. The maximum absolute atomic E-state index is 13.5. The molecule has 1 aromatic rings. The highest BCUT2D eigenvalue weighted by Crippen LogP contribution is 2.10. The Morgan fingerprint density at radius 2 is 2.31 bits per heavy atom. The third-order valence-electron chi connectivity index (χ3n) is 1.73. The molecule has 0 atom stereocenters. The number of halogens is 1. The van der Waals surface area contributed by atoms with E-state index in [1.165, 1.54) is 19.1 Å². The van der Waals surface area contributed by atoms with Crippen molar-refractivity contribution < 1.29 is 14.0 Å². The van der Waals surface area contributed by atoms with E-state index in [0.29, 0.717) is 12.0 Å². The molecule has 82 valence electrons. The Balaban J connectivity index is 2.81. The summed E-state index contributed by atoms with van der Waals surface area (Å²) >= 11 is 1.06. The second-order valence-corrected chi connectivity index (χ2v) is 4.06. The minimum Gasteiger partial charge on any atom is -0.298 e. The van der Waals surface area contributed by atoms with Gasteiger partial charge in [0.2, 0.25) is 0 Å². The molecular weight excluding hydrogens is 227 g/mol. The molecule has 0 aliphatic carbocycles. The van der Waals surface area contributed by atoms with Gasteiger partial charge in [0.1, 0.15) is 5.82 Å². The van der Waals surface area contributed by atoms with Gasteiger partial charge in [0, 0.05) is 6.92 Å². The quantitative estimate of drug-likeness (QED) is 0.583. The van der Waals surface area contributed by atoms with Gasteiger partial charge >= 0.3 is 0 Å². The molecule has 0 aromatic heterocycles. The predicted molar refractivity (Wildman–Crippen MR) is 61.8 cm³/mol. The van der Waals surface area contributed by atoms with Gasteiger partial charge in [-0.25, -0.2) is 4.39 Å². The molecule has 0 N–H and O–H groups in total. The van der Waals surface area contributed by atoms with Crippen LogP contribution in [0.15, 0.2) is 18.2 Å². The van der Waals surface area contributed by atoms with E-state index >= 15 is 0 Å². The minimum atomic E-state index is -0.613. The van der Waals surface area contributed by atoms with Crippen LogP contribution in [0.3, 0.4) is 0 Å². The van der Waals surface area contributed by atoms with Crippen molar-refractivity contribution in [2.45, 2.75) is 6.92 Å². The second kappa shape index (κ2) is 6.09. The molecule has 0 radical (unpaired) electrons. The number of carbonyl (C=O) groups is 2. The number of carbonyl (C=O) groups excluding carboxylic acids is 2. The fraction of sp³-hybridized carbons (Fsp3) is 0.167. The molecule has 2 nitrogen and oxygen atoms in total. The summed E-state index contributed by atoms with van der Waals surface area (Å²) in [6.07, 6.45) is 0.449. The van der Waals surface area contributed by atoms with Gasteiger partial charge in [-0.15, -0.1) is 0 Å². The van der Waals surface area contributed by atoms with E-state index in [2.05, 4.69) is 11.8 Å². The molecular formula is C12H9FO2S. The average molecular weight is 236 g/mol. The van der Waals surface area contributed by atoms with Crippen LogP contribution in [0.2, 0.25) is 0 Å². The van der Waals surface area contributed by atoms with Gasteiger partial charge in [-0.05, 0) is 12.1 Å². The van der Waals surface area contributed by atoms with Crippen LogP contribution in [0.4, 0.5) is 4.39 Å². The van der Waals surface area contributed by atoms with E-state index < -0.39 is 5.82 Å². The summed E-state index contributed by atoms with van der Waals surface area (Å²) in [6.45, 7) is 1.44. The average Bonchev–Trinajstić information content (AvgIpc) is 2.26. The van der Waals surface area contributed by atoms with E-state index in [4.69, 9.17) is 0 Å². The van der Waals surface area contributed by atoms with Crippen LogP contribution in [0.5, 0.6) is 0 Å². The molecule has 1 rings (SSSR count). The first-order valence-corrected chi connectivity index (χ1v) is 5.49. The molecule has 0 aliphatic rings. The molecule has 1 aromatic carbocycles. The summed E-state index contributed by atoms with van der Waals surface area (Å²) in [7, 11) is 0. The van der Waals surface area contributed by atoms with Crippen LogP contribution in [-0.4, -0.2) is 17.2 Å². The van der Waals surface area contributed by atoms with E-state index in [-0.39, 0.29) is 16.2 Å². The summed E-state index contributed by atoms with van der Waals surface area (Å²) in [5.41, 5.74) is 0.166. The molecule has 0 amide bonds. The molecule has 0 bridgehead atoms. The van der Waals surface area contributed by atoms with Crippen molar-refractivity contribution in [1.82, 2.24) is 0 Å². The van der Waals surface area contributed by atoms with Crippen LogP contribution in [-0.2, 0) is 4.79 Å². The van der Waals surface area contributed by atoms with E-state index in [0.717, 1.165) is 11.8 Å². The lowest BCUT2D eigenvalue weighted by atomic mass is 10.1. The van der Waals surface area contributed by atoms with Crippen molar-refractivity contribution in [3.63, 3.8) is 0 Å². The SMILES string of the molecule is CC(=O)SCC#Cc1cccc(C=O)c1F. The standard InChI is InChI=1S/C12H9FO2S/c1-9(15)16-7-3-6-10-4-2-5-11(8-14)12(10)13/h2,4-5,8H,7H2,1H3. The molecule has 0 fully saturated rings. The molecule has 0 saturated carbocycles. The Hall–Kier alpha value is -1.60. The third kappa shape index (κ3) is 3.52. The zero-order chi connectivity index (χ0) is 12.0.